The first-order valence-corrected chi connectivity index (χ1v) is 11.6. The summed E-state index contributed by atoms with van der Waals surface area (Å²) in [7, 11) is 3.27. The molecule has 6 nitrogen and oxygen atoms in total. The molecule has 2 rings (SSSR count). The van der Waals surface area contributed by atoms with E-state index in [1.807, 2.05) is 57.2 Å². The van der Waals surface area contributed by atoms with E-state index in [4.69, 9.17) is 18.9 Å². The fraction of sp³-hybridized carbons (Fsp3) is 0.500. The van der Waals surface area contributed by atoms with Crippen LogP contribution in [0.3, 0.4) is 0 Å². The van der Waals surface area contributed by atoms with Crippen LogP contribution in [0, 0.1) is 19.8 Å². The van der Waals surface area contributed by atoms with Crippen molar-refractivity contribution in [1.82, 2.24) is 0 Å². The lowest BCUT2D eigenvalue weighted by molar-refractivity contribution is -0.163. The van der Waals surface area contributed by atoms with E-state index in [1.165, 1.54) is 0 Å². The van der Waals surface area contributed by atoms with Gasteiger partial charge in [-0.2, -0.15) is 0 Å². The number of hydrogen-bond acceptors (Lipinski definition) is 6. The van der Waals surface area contributed by atoms with Gasteiger partial charge in [-0.1, -0.05) is 31.2 Å². The van der Waals surface area contributed by atoms with Gasteiger partial charge in [-0.25, -0.2) is 0 Å². The first-order chi connectivity index (χ1) is 15.9. The van der Waals surface area contributed by atoms with Gasteiger partial charge in [-0.15, -0.1) is 0 Å². The van der Waals surface area contributed by atoms with Gasteiger partial charge in [0.1, 0.15) is 23.2 Å². The highest BCUT2D eigenvalue weighted by molar-refractivity contribution is 5.80. The summed E-state index contributed by atoms with van der Waals surface area (Å²) < 4.78 is 22.3. The third-order valence-electron chi connectivity index (χ3n) is 5.65. The van der Waals surface area contributed by atoms with Crippen molar-refractivity contribution < 1.29 is 28.5 Å². The maximum absolute atomic E-state index is 12.9. The molecule has 0 unspecified atom stereocenters. The lowest BCUT2D eigenvalue weighted by atomic mass is 9.86. The molecule has 0 heterocycles. The molecule has 34 heavy (non-hydrogen) atoms. The molecule has 6 heteroatoms. The van der Waals surface area contributed by atoms with Crippen LogP contribution in [0.4, 0.5) is 0 Å². The molecular weight excluding hydrogens is 432 g/mol. The minimum atomic E-state index is -0.627. The van der Waals surface area contributed by atoms with Gasteiger partial charge in [0.15, 0.2) is 0 Å². The van der Waals surface area contributed by atoms with E-state index < -0.39 is 29.6 Å². The summed E-state index contributed by atoms with van der Waals surface area (Å²) in [6.45, 7) is 12.9. The largest absolute Gasteiger partial charge is 0.496 e. The van der Waals surface area contributed by atoms with Gasteiger partial charge in [0, 0.05) is 5.92 Å². The highest BCUT2D eigenvalue weighted by Gasteiger charge is 2.29. The zero-order chi connectivity index (χ0) is 25.6. The molecule has 0 amide bonds. The predicted molar refractivity (Wildman–Crippen MR) is 132 cm³/mol. The number of methoxy groups -OCH3 is 2. The Kier molecular flexibility index (Phi) is 9.14. The molecule has 0 aliphatic carbocycles. The van der Waals surface area contributed by atoms with Crippen LogP contribution >= 0.6 is 0 Å². The van der Waals surface area contributed by atoms with Gasteiger partial charge in [0.05, 0.1) is 26.6 Å². The number of aryl methyl sites for hydroxylation is 2. The van der Waals surface area contributed by atoms with Crippen LogP contribution in [0.25, 0.3) is 0 Å². The van der Waals surface area contributed by atoms with Gasteiger partial charge in [0.2, 0.25) is 0 Å². The minimum absolute atomic E-state index is 0.0375. The van der Waals surface area contributed by atoms with Crippen molar-refractivity contribution in [3.05, 3.63) is 58.7 Å². The van der Waals surface area contributed by atoms with Crippen LogP contribution in [0.15, 0.2) is 36.4 Å². The first-order valence-electron chi connectivity index (χ1n) is 11.6. The summed E-state index contributed by atoms with van der Waals surface area (Å²) in [5.74, 6) is -0.231. The van der Waals surface area contributed by atoms with E-state index in [0.717, 1.165) is 33.8 Å². The molecule has 2 atom stereocenters. The average Bonchev–Trinajstić information content (AvgIpc) is 2.74. The van der Waals surface area contributed by atoms with Crippen LogP contribution in [0.1, 0.15) is 69.2 Å². The number of carbonyl (C=O) groups excluding carboxylic acids is 2. The van der Waals surface area contributed by atoms with Crippen LogP contribution in [-0.4, -0.2) is 37.9 Å². The summed E-state index contributed by atoms with van der Waals surface area (Å²) in [6, 6.07) is 12.0. The van der Waals surface area contributed by atoms with Gasteiger partial charge in [-0.3, -0.25) is 9.59 Å². The van der Waals surface area contributed by atoms with Gasteiger partial charge in [0.25, 0.3) is 0 Å². The molecule has 0 saturated carbocycles. The molecule has 0 saturated heterocycles. The Morgan fingerprint density at radius 3 is 1.74 bits per heavy atom. The molecule has 0 bridgehead atoms. The molecule has 0 aliphatic rings. The molecule has 2 aromatic rings. The Balaban J connectivity index is 2.33. The van der Waals surface area contributed by atoms with E-state index in [1.54, 1.807) is 41.9 Å². The smallest absolute Gasteiger partial charge is 0.309 e. The van der Waals surface area contributed by atoms with Crippen LogP contribution in [0.2, 0.25) is 0 Å². The molecule has 0 fully saturated rings. The number of ether oxygens (including phenoxy) is 4. The molecule has 0 aliphatic heterocycles. The summed E-state index contributed by atoms with van der Waals surface area (Å²) in [5, 5.41) is 0. The van der Waals surface area contributed by atoms with E-state index in [9.17, 15) is 9.59 Å². The fourth-order valence-corrected chi connectivity index (χ4v) is 3.88. The number of benzene rings is 2. The standard InChI is InChI=1S/C28H38O6/c1-17-10-12-21(15-23(17)31-8)26(22-13-11-18(2)24(16-22)32-9)20(4)33-27(30)19(3)14-25(29)34-28(5,6)7/h10-13,15-16,19-20,26H,14H2,1-9H3/t19-,20+/m1/s1. The van der Waals surface area contributed by atoms with Crippen LogP contribution in [-0.2, 0) is 19.1 Å². The third-order valence-corrected chi connectivity index (χ3v) is 5.65. The summed E-state index contributed by atoms with van der Waals surface area (Å²) in [5.41, 5.74) is 3.33. The van der Waals surface area contributed by atoms with Crippen molar-refractivity contribution in [2.75, 3.05) is 14.2 Å². The molecule has 0 spiro atoms. The Bertz CT molecular complexity index is 951. The van der Waals surface area contributed by atoms with E-state index in [-0.39, 0.29) is 12.3 Å². The van der Waals surface area contributed by atoms with Crippen molar-refractivity contribution >= 4 is 11.9 Å². The molecule has 2 aromatic carbocycles. The molecule has 0 aromatic heterocycles. The van der Waals surface area contributed by atoms with Gasteiger partial charge in [-0.05, 0) is 75.9 Å². The first kappa shape index (κ1) is 27.2. The van der Waals surface area contributed by atoms with Crippen LogP contribution < -0.4 is 9.47 Å². The van der Waals surface area contributed by atoms with Crippen molar-refractivity contribution in [3.63, 3.8) is 0 Å². The Labute approximate surface area is 203 Å². The van der Waals surface area contributed by atoms with E-state index in [0.29, 0.717) is 0 Å². The minimum Gasteiger partial charge on any atom is -0.496 e. The zero-order valence-corrected chi connectivity index (χ0v) is 21.9. The summed E-state index contributed by atoms with van der Waals surface area (Å²) >= 11 is 0. The lowest BCUT2D eigenvalue weighted by Gasteiger charge is -2.27. The molecule has 0 radical (unpaired) electrons. The second kappa shape index (κ2) is 11.4. The normalized spacial score (nSPS) is 13.2. The Morgan fingerprint density at radius 1 is 0.853 bits per heavy atom. The molecule has 186 valence electrons. The maximum atomic E-state index is 12.9. The Morgan fingerprint density at radius 2 is 1.32 bits per heavy atom. The third kappa shape index (κ3) is 7.24. The quantitative estimate of drug-likeness (QED) is 0.435. The fourth-order valence-electron chi connectivity index (χ4n) is 3.88. The number of rotatable bonds is 9. The molecular formula is C28H38O6. The maximum Gasteiger partial charge on any atom is 0.309 e. The second-order valence-electron chi connectivity index (χ2n) is 9.77. The number of hydrogen-bond donors (Lipinski definition) is 0. The highest BCUT2D eigenvalue weighted by Crippen LogP contribution is 2.35. The summed E-state index contributed by atoms with van der Waals surface area (Å²) in [6.07, 6.45) is -0.544. The SMILES string of the molecule is COc1cc(C(c2ccc(C)c(OC)c2)[C@H](C)OC(=O)[C@H](C)CC(=O)OC(C)(C)C)ccc1C. The number of esters is 2. The van der Waals surface area contributed by atoms with Crippen molar-refractivity contribution in [3.8, 4) is 11.5 Å². The van der Waals surface area contributed by atoms with Crippen LogP contribution in [0.5, 0.6) is 11.5 Å². The van der Waals surface area contributed by atoms with E-state index >= 15 is 0 Å². The number of carbonyl (C=O) groups is 2. The monoisotopic (exact) mass is 470 g/mol. The van der Waals surface area contributed by atoms with E-state index in [2.05, 4.69) is 0 Å². The predicted octanol–water partition coefficient (Wildman–Crippen LogP) is 5.75. The summed E-state index contributed by atoms with van der Waals surface area (Å²) in [4.78, 5) is 25.1. The van der Waals surface area contributed by atoms with Crippen molar-refractivity contribution in [2.45, 2.75) is 72.5 Å². The highest BCUT2D eigenvalue weighted by atomic mass is 16.6. The molecule has 0 N–H and O–H groups in total. The average molecular weight is 471 g/mol. The topological polar surface area (TPSA) is 71.1 Å². The second-order valence-corrected chi connectivity index (χ2v) is 9.77. The van der Waals surface area contributed by atoms with Crippen molar-refractivity contribution in [1.29, 1.82) is 0 Å². The van der Waals surface area contributed by atoms with Gasteiger partial charge >= 0.3 is 11.9 Å². The zero-order valence-electron chi connectivity index (χ0n) is 21.9. The van der Waals surface area contributed by atoms with Gasteiger partial charge < -0.3 is 18.9 Å². The van der Waals surface area contributed by atoms with Crippen molar-refractivity contribution in [2.24, 2.45) is 5.92 Å². The lowest BCUT2D eigenvalue weighted by Crippen LogP contribution is -2.30. The Hall–Kier alpha value is -3.02.